The van der Waals surface area contributed by atoms with Crippen molar-refractivity contribution < 1.29 is 4.79 Å². The minimum absolute atomic E-state index is 0.225. The number of amides is 1. The molecule has 0 atom stereocenters. The largest absolute Gasteiger partial charge is 0.305 e. The molecule has 0 saturated carbocycles. The van der Waals surface area contributed by atoms with Gasteiger partial charge < -0.3 is 5.32 Å². The Morgan fingerprint density at radius 2 is 1.89 bits per heavy atom. The number of hydrogen-bond donors (Lipinski definition) is 1. The monoisotopic (exact) mass is 392 g/mol. The lowest BCUT2D eigenvalue weighted by molar-refractivity contribution is 0.102. The molecule has 0 unspecified atom stereocenters. The van der Waals surface area contributed by atoms with Gasteiger partial charge in [-0.05, 0) is 55.3 Å². The fourth-order valence-corrected chi connectivity index (χ4v) is 3.35. The Morgan fingerprint density at radius 1 is 1.14 bits per heavy atom. The second-order valence-corrected chi connectivity index (χ2v) is 7.88. The van der Waals surface area contributed by atoms with Gasteiger partial charge in [0.2, 0.25) is 0 Å². The summed E-state index contributed by atoms with van der Waals surface area (Å²) in [6.07, 6.45) is 0. The number of aryl methyl sites for hydroxylation is 1. The van der Waals surface area contributed by atoms with Gasteiger partial charge in [-0.2, -0.15) is 5.10 Å². The van der Waals surface area contributed by atoms with Gasteiger partial charge in [0, 0.05) is 22.5 Å². The van der Waals surface area contributed by atoms with Crippen LogP contribution in [0.3, 0.4) is 0 Å². The summed E-state index contributed by atoms with van der Waals surface area (Å²) >= 11 is 5.92. The van der Waals surface area contributed by atoms with Crippen molar-refractivity contribution in [2.75, 3.05) is 5.32 Å². The standard InChI is InChI=1S/C22H21ClN4O/c1-13(2)12-27-21-18(11-16-10-14(3)4-9-19(16)24-21)20(26-27)25-22(28)15-5-7-17(23)8-6-15/h4-11,13H,12H2,1-3H3,(H,25,26,28). The van der Waals surface area contributed by atoms with Crippen LogP contribution in [0.25, 0.3) is 21.9 Å². The zero-order valence-corrected chi connectivity index (χ0v) is 16.8. The first kappa shape index (κ1) is 18.4. The van der Waals surface area contributed by atoms with Crippen LogP contribution in [0.1, 0.15) is 29.8 Å². The van der Waals surface area contributed by atoms with E-state index in [4.69, 9.17) is 16.6 Å². The average molecular weight is 393 g/mol. The van der Waals surface area contributed by atoms with Gasteiger partial charge in [0.25, 0.3) is 5.91 Å². The summed E-state index contributed by atoms with van der Waals surface area (Å²) in [6.45, 7) is 7.03. The molecule has 142 valence electrons. The van der Waals surface area contributed by atoms with Crippen LogP contribution in [0.15, 0.2) is 48.5 Å². The van der Waals surface area contributed by atoms with Gasteiger partial charge in [0.15, 0.2) is 11.5 Å². The lowest BCUT2D eigenvalue weighted by Crippen LogP contribution is -2.13. The van der Waals surface area contributed by atoms with Crippen LogP contribution in [0, 0.1) is 12.8 Å². The van der Waals surface area contributed by atoms with Gasteiger partial charge in [-0.1, -0.05) is 37.1 Å². The van der Waals surface area contributed by atoms with Crippen molar-refractivity contribution in [3.05, 3.63) is 64.7 Å². The summed E-state index contributed by atoms with van der Waals surface area (Å²) in [6, 6.07) is 15.0. The van der Waals surface area contributed by atoms with Crippen LogP contribution in [0.4, 0.5) is 5.82 Å². The first-order chi connectivity index (χ1) is 13.4. The smallest absolute Gasteiger partial charge is 0.256 e. The van der Waals surface area contributed by atoms with E-state index in [1.807, 2.05) is 22.9 Å². The Hall–Kier alpha value is -2.92. The first-order valence-corrected chi connectivity index (χ1v) is 9.63. The minimum atomic E-state index is -0.225. The highest BCUT2D eigenvalue weighted by Crippen LogP contribution is 2.27. The van der Waals surface area contributed by atoms with E-state index < -0.39 is 0 Å². The van der Waals surface area contributed by atoms with Crippen molar-refractivity contribution in [2.45, 2.75) is 27.3 Å². The molecule has 0 aliphatic carbocycles. The Kier molecular flexibility index (Phi) is 4.77. The minimum Gasteiger partial charge on any atom is -0.305 e. The normalized spacial score (nSPS) is 11.5. The second kappa shape index (κ2) is 7.24. The van der Waals surface area contributed by atoms with Crippen LogP contribution < -0.4 is 5.32 Å². The number of aromatic nitrogens is 3. The molecule has 6 heteroatoms. The molecule has 0 aliphatic heterocycles. The fraction of sp³-hybridized carbons (Fsp3) is 0.227. The third-order valence-electron chi connectivity index (χ3n) is 4.55. The quantitative estimate of drug-likeness (QED) is 0.502. The highest BCUT2D eigenvalue weighted by Gasteiger charge is 2.17. The van der Waals surface area contributed by atoms with Crippen LogP contribution >= 0.6 is 11.6 Å². The summed E-state index contributed by atoms with van der Waals surface area (Å²) in [5.74, 6) is 0.696. The zero-order valence-electron chi connectivity index (χ0n) is 16.0. The highest BCUT2D eigenvalue weighted by atomic mass is 35.5. The predicted molar refractivity (Wildman–Crippen MR) is 114 cm³/mol. The molecule has 5 nitrogen and oxygen atoms in total. The van der Waals surface area contributed by atoms with Crippen molar-refractivity contribution in [1.82, 2.24) is 14.8 Å². The van der Waals surface area contributed by atoms with Crippen molar-refractivity contribution in [3.63, 3.8) is 0 Å². The van der Waals surface area contributed by atoms with Gasteiger partial charge in [-0.15, -0.1) is 0 Å². The maximum absolute atomic E-state index is 12.7. The van der Waals surface area contributed by atoms with Gasteiger partial charge >= 0.3 is 0 Å². The van der Waals surface area contributed by atoms with Crippen LogP contribution in [0.2, 0.25) is 5.02 Å². The van der Waals surface area contributed by atoms with Crippen molar-refractivity contribution >= 4 is 45.3 Å². The predicted octanol–water partition coefficient (Wildman–Crippen LogP) is 5.45. The third-order valence-corrected chi connectivity index (χ3v) is 4.80. The van der Waals surface area contributed by atoms with E-state index in [0.29, 0.717) is 22.3 Å². The van der Waals surface area contributed by atoms with E-state index in [1.54, 1.807) is 24.3 Å². The second-order valence-electron chi connectivity index (χ2n) is 7.44. The number of benzene rings is 2. The van der Waals surface area contributed by atoms with Crippen LogP contribution in [-0.4, -0.2) is 20.7 Å². The number of rotatable bonds is 4. The molecule has 4 rings (SSSR count). The topological polar surface area (TPSA) is 59.8 Å². The molecule has 2 aromatic heterocycles. The molecule has 0 aliphatic rings. The van der Waals surface area contributed by atoms with E-state index in [1.165, 1.54) is 0 Å². The summed E-state index contributed by atoms with van der Waals surface area (Å²) < 4.78 is 1.87. The fourth-order valence-electron chi connectivity index (χ4n) is 3.23. The molecule has 2 heterocycles. The molecule has 0 saturated heterocycles. The zero-order chi connectivity index (χ0) is 19.8. The molecule has 0 fully saturated rings. The Bertz CT molecular complexity index is 1180. The number of nitrogens with zero attached hydrogens (tertiary/aromatic N) is 3. The van der Waals surface area contributed by atoms with Crippen LogP contribution in [0.5, 0.6) is 0 Å². The number of hydrogen-bond acceptors (Lipinski definition) is 3. The Labute approximate surface area is 168 Å². The first-order valence-electron chi connectivity index (χ1n) is 9.25. The lowest BCUT2D eigenvalue weighted by Gasteiger charge is -2.06. The Morgan fingerprint density at radius 3 is 2.61 bits per heavy atom. The molecular formula is C22H21ClN4O. The Balaban J connectivity index is 1.81. The summed E-state index contributed by atoms with van der Waals surface area (Å²) in [5, 5.41) is 10.0. The SMILES string of the molecule is Cc1ccc2nc3c(cc2c1)c(NC(=O)c1ccc(Cl)cc1)nn3CC(C)C. The number of pyridine rings is 1. The molecule has 0 spiro atoms. The average Bonchev–Trinajstić information content (AvgIpc) is 2.96. The van der Waals surface area contributed by atoms with E-state index in [2.05, 4.69) is 37.3 Å². The van der Waals surface area contributed by atoms with Gasteiger partial charge in [0.05, 0.1) is 10.9 Å². The molecule has 2 aromatic carbocycles. The molecule has 1 N–H and O–H groups in total. The molecule has 28 heavy (non-hydrogen) atoms. The highest BCUT2D eigenvalue weighted by molar-refractivity contribution is 6.30. The lowest BCUT2D eigenvalue weighted by atomic mass is 10.1. The van der Waals surface area contributed by atoms with Crippen LogP contribution in [-0.2, 0) is 6.54 Å². The van der Waals surface area contributed by atoms with E-state index in [-0.39, 0.29) is 5.91 Å². The van der Waals surface area contributed by atoms with Crippen molar-refractivity contribution in [2.24, 2.45) is 5.92 Å². The van der Waals surface area contributed by atoms with E-state index in [9.17, 15) is 4.79 Å². The number of halogens is 1. The third kappa shape index (κ3) is 3.58. The number of carbonyl (C=O) groups is 1. The summed E-state index contributed by atoms with van der Waals surface area (Å²) in [7, 11) is 0. The summed E-state index contributed by atoms with van der Waals surface area (Å²) in [4.78, 5) is 17.5. The number of nitrogens with one attached hydrogen (secondary N) is 1. The van der Waals surface area contributed by atoms with Gasteiger partial charge in [-0.3, -0.25) is 4.79 Å². The van der Waals surface area contributed by atoms with Gasteiger partial charge in [-0.25, -0.2) is 9.67 Å². The van der Waals surface area contributed by atoms with E-state index >= 15 is 0 Å². The molecule has 0 radical (unpaired) electrons. The maximum atomic E-state index is 12.7. The molecular weight excluding hydrogens is 372 g/mol. The molecule has 4 aromatic rings. The van der Waals surface area contributed by atoms with E-state index in [0.717, 1.165) is 34.0 Å². The number of fused-ring (bicyclic) bond motifs is 2. The number of carbonyl (C=O) groups excluding carboxylic acids is 1. The summed E-state index contributed by atoms with van der Waals surface area (Å²) in [5.41, 5.74) is 3.38. The molecule has 1 amide bonds. The van der Waals surface area contributed by atoms with Crippen molar-refractivity contribution in [3.8, 4) is 0 Å². The molecule has 0 bridgehead atoms. The van der Waals surface area contributed by atoms with Crippen molar-refractivity contribution in [1.29, 1.82) is 0 Å². The van der Waals surface area contributed by atoms with Gasteiger partial charge in [0.1, 0.15) is 0 Å². The number of anilines is 1. The maximum Gasteiger partial charge on any atom is 0.256 e.